The average Bonchev–Trinajstić information content (AvgIpc) is 2.65. The van der Waals surface area contributed by atoms with Gasteiger partial charge in [-0.05, 0) is 61.8 Å². The summed E-state index contributed by atoms with van der Waals surface area (Å²) in [5, 5.41) is 5.87. The quantitative estimate of drug-likeness (QED) is 0.674. The summed E-state index contributed by atoms with van der Waals surface area (Å²) in [7, 11) is 0. The summed E-state index contributed by atoms with van der Waals surface area (Å²) < 4.78 is 0. The largest absolute Gasteiger partial charge is 0.354 e. The predicted octanol–water partition coefficient (Wildman–Crippen LogP) is 3.37. The van der Waals surface area contributed by atoms with Gasteiger partial charge in [-0.3, -0.25) is 9.59 Å². The molecular formula is C22H30N2O2S. The second kappa shape index (κ2) is 8.26. The number of nitrogens with one attached hydrogen (secondary N) is 2. The molecule has 1 aromatic rings. The number of thioether (sulfide) groups is 1. The zero-order valence-corrected chi connectivity index (χ0v) is 16.7. The number of benzene rings is 1. The van der Waals surface area contributed by atoms with E-state index >= 15 is 0 Å². The van der Waals surface area contributed by atoms with Crippen LogP contribution in [-0.4, -0.2) is 30.7 Å². The van der Waals surface area contributed by atoms with Gasteiger partial charge in [-0.15, -0.1) is 0 Å². The third-order valence-electron chi connectivity index (χ3n) is 6.61. The molecule has 5 heteroatoms. The van der Waals surface area contributed by atoms with Crippen molar-refractivity contribution in [2.24, 2.45) is 23.2 Å². The predicted molar refractivity (Wildman–Crippen MR) is 109 cm³/mol. The molecule has 0 spiro atoms. The maximum atomic E-state index is 12.8. The zero-order chi connectivity index (χ0) is 18.7. The molecule has 0 radical (unpaired) electrons. The lowest BCUT2D eigenvalue weighted by Crippen LogP contribution is -2.54. The van der Waals surface area contributed by atoms with E-state index in [-0.39, 0.29) is 23.8 Å². The highest BCUT2D eigenvalue weighted by atomic mass is 32.2. The van der Waals surface area contributed by atoms with Gasteiger partial charge < -0.3 is 10.6 Å². The monoisotopic (exact) mass is 386 g/mol. The van der Waals surface area contributed by atoms with Gasteiger partial charge in [-0.1, -0.05) is 30.3 Å². The van der Waals surface area contributed by atoms with Gasteiger partial charge >= 0.3 is 0 Å². The van der Waals surface area contributed by atoms with Crippen LogP contribution in [0.5, 0.6) is 0 Å². The van der Waals surface area contributed by atoms with Crippen molar-refractivity contribution in [2.75, 3.05) is 18.8 Å². The standard InChI is InChI=1S/C22H30N2O2S/c25-20(23-6-7-27-15-16-4-2-1-3-5-16)14-24-21(26)22-11-17-8-18(12-22)10-19(9-17)13-22/h1-5,17-19H,6-15H2,(H,23,25)(H,24,26). The molecule has 27 heavy (non-hydrogen) atoms. The van der Waals surface area contributed by atoms with Crippen molar-refractivity contribution in [3.63, 3.8) is 0 Å². The van der Waals surface area contributed by atoms with Crippen LogP contribution in [0.15, 0.2) is 30.3 Å². The highest BCUT2D eigenvalue weighted by molar-refractivity contribution is 7.98. The van der Waals surface area contributed by atoms with E-state index in [0.717, 1.165) is 48.5 Å². The SMILES string of the molecule is O=C(CNC(=O)C12CC3CC(CC(C3)C1)C2)NCCSCc1ccccc1. The summed E-state index contributed by atoms with van der Waals surface area (Å²) in [5.74, 6) is 4.14. The third-order valence-corrected chi connectivity index (χ3v) is 7.64. The highest BCUT2D eigenvalue weighted by Crippen LogP contribution is 2.60. The Morgan fingerprint density at radius 3 is 2.22 bits per heavy atom. The Kier molecular flexibility index (Phi) is 5.76. The fourth-order valence-electron chi connectivity index (χ4n) is 5.83. The first kappa shape index (κ1) is 18.9. The van der Waals surface area contributed by atoms with E-state index in [1.165, 1.54) is 24.8 Å². The fraction of sp³-hybridized carbons (Fsp3) is 0.636. The molecule has 4 fully saturated rings. The first-order chi connectivity index (χ1) is 13.1. The Labute approximate surface area is 166 Å². The smallest absolute Gasteiger partial charge is 0.239 e. The third kappa shape index (κ3) is 4.50. The highest BCUT2D eigenvalue weighted by Gasteiger charge is 2.54. The zero-order valence-electron chi connectivity index (χ0n) is 15.9. The maximum absolute atomic E-state index is 12.8. The lowest BCUT2D eigenvalue weighted by molar-refractivity contribution is -0.147. The van der Waals surface area contributed by atoms with E-state index in [1.807, 2.05) is 30.0 Å². The van der Waals surface area contributed by atoms with E-state index in [9.17, 15) is 9.59 Å². The fourth-order valence-corrected chi connectivity index (χ4v) is 6.65. The lowest BCUT2D eigenvalue weighted by atomic mass is 9.49. The Balaban J connectivity index is 1.14. The maximum Gasteiger partial charge on any atom is 0.239 e. The minimum absolute atomic E-state index is 0.0756. The van der Waals surface area contributed by atoms with Gasteiger partial charge in [0.2, 0.25) is 11.8 Å². The minimum Gasteiger partial charge on any atom is -0.354 e. The molecule has 0 aliphatic heterocycles. The van der Waals surface area contributed by atoms with Crippen molar-refractivity contribution in [1.29, 1.82) is 0 Å². The Hall–Kier alpha value is -1.49. The van der Waals surface area contributed by atoms with Crippen molar-refractivity contribution in [2.45, 2.75) is 44.3 Å². The molecular weight excluding hydrogens is 356 g/mol. The lowest BCUT2D eigenvalue weighted by Gasteiger charge is -2.55. The first-order valence-electron chi connectivity index (χ1n) is 10.3. The van der Waals surface area contributed by atoms with E-state index in [2.05, 4.69) is 22.8 Å². The van der Waals surface area contributed by atoms with Crippen LogP contribution in [0.25, 0.3) is 0 Å². The summed E-state index contributed by atoms with van der Waals surface area (Å²) in [6, 6.07) is 10.3. The number of carbonyl (C=O) groups excluding carboxylic acids is 2. The van der Waals surface area contributed by atoms with Crippen molar-refractivity contribution in [3.8, 4) is 0 Å². The normalized spacial score (nSPS) is 30.9. The number of amides is 2. The molecule has 2 N–H and O–H groups in total. The molecule has 0 atom stereocenters. The molecule has 4 aliphatic rings. The molecule has 4 nitrogen and oxygen atoms in total. The van der Waals surface area contributed by atoms with Crippen molar-refractivity contribution >= 4 is 23.6 Å². The van der Waals surface area contributed by atoms with Gasteiger partial charge in [0.25, 0.3) is 0 Å². The molecule has 0 saturated heterocycles. The molecule has 4 aliphatic carbocycles. The summed E-state index contributed by atoms with van der Waals surface area (Å²) >= 11 is 1.81. The molecule has 0 aromatic heterocycles. The molecule has 4 saturated carbocycles. The van der Waals surface area contributed by atoms with Crippen LogP contribution in [0.3, 0.4) is 0 Å². The second-order valence-corrected chi connectivity index (χ2v) is 9.87. The Morgan fingerprint density at radius 2 is 1.59 bits per heavy atom. The molecule has 4 bridgehead atoms. The van der Waals surface area contributed by atoms with Crippen LogP contribution in [0, 0.1) is 23.2 Å². The first-order valence-corrected chi connectivity index (χ1v) is 11.5. The summed E-state index contributed by atoms with van der Waals surface area (Å²) in [4.78, 5) is 24.9. The summed E-state index contributed by atoms with van der Waals surface area (Å²) in [6.45, 7) is 0.757. The molecule has 0 unspecified atom stereocenters. The van der Waals surface area contributed by atoms with Gasteiger partial charge in [-0.2, -0.15) is 11.8 Å². The van der Waals surface area contributed by atoms with Crippen LogP contribution in [-0.2, 0) is 15.3 Å². The summed E-state index contributed by atoms with van der Waals surface area (Å²) in [6.07, 6.45) is 7.11. The Bertz CT molecular complexity index is 641. The average molecular weight is 387 g/mol. The number of hydrogen-bond acceptors (Lipinski definition) is 3. The number of hydrogen-bond donors (Lipinski definition) is 2. The molecule has 1 aromatic carbocycles. The van der Waals surface area contributed by atoms with Crippen LogP contribution >= 0.6 is 11.8 Å². The van der Waals surface area contributed by atoms with Crippen LogP contribution in [0.2, 0.25) is 0 Å². The summed E-state index contributed by atoms with van der Waals surface area (Å²) in [5.41, 5.74) is 1.14. The number of carbonyl (C=O) groups is 2. The van der Waals surface area contributed by atoms with Crippen molar-refractivity contribution in [3.05, 3.63) is 35.9 Å². The van der Waals surface area contributed by atoms with E-state index in [0.29, 0.717) is 6.54 Å². The van der Waals surface area contributed by atoms with Crippen molar-refractivity contribution in [1.82, 2.24) is 10.6 Å². The number of rotatable bonds is 8. The molecule has 146 valence electrons. The van der Waals surface area contributed by atoms with E-state index in [4.69, 9.17) is 0 Å². The molecule has 2 amide bonds. The van der Waals surface area contributed by atoms with Crippen molar-refractivity contribution < 1.29 is 9.59 Å². The van der Waals surface area contributed by atoms with Crippen LogP contribution < -0.4 is 10.6 Å². The second-order valence-electron chi connectivity index (χ2n) is 8.77. The van der Waals surface area contributed by atoms with Gasteiger partial charge in [-0.25, -0.2) is 0 Å². The van der Waals surface area contributed by atoms with E-state index < -0.39 is 0 Å². The molecule has 5 rings (SSSR count). The topological polar surface area (TPSA) is 58.2 Å². The van der Waals surface area contributed by atoms with E-state index in [1.54, 1.807) is 0 Å². The Morgan fingerprint density at radius 1 is 0.963 bits per heavy atom. The van der Waals surface area contributed by atoms with Gasteiger partial charge in [0.05, 0.1) is 6.54 Å². The van der Waals surface area contributed by atoms with Gasteiger partial charge in [0, 0.05) is 23.5 Å². The van der Waals surface area contributed by atoms with Gasteiger partial charge in [0.15, 0.2) is 0 Å². The van der Waals surface area contributed by atoms with Crippen LogP contribution in [0.1, 0.15) is 44.1 Å². The van der Waals surface area contributed by atoms with Crippen LogP contribution in [0.4, 0.5) is 0 Å². The molecule has 0 heterocycles. The minimum atomic E-state index is -0.166. The van der Waals surface area contributed by atoms with Gasteiger partial charge in [0.1, 0.15) is 0 Å².